The lowest BCUT2D eigenvalue weighted by atomic mass is 9.90. The Labute approximate surface area is 127 Å². The zero-order valence-corrected chi connectivity index (χ0v) is 12.8. The summed E-state index contributed by atoms with van der Waals surface area (Å²) < 4.78 is 11.3. The molecule has 0 saturated carbocycles. The largest absolute Gasteiger partial charge is 0.493 e. The predicted molar refractivity (Wildman–Crippen MR) is 83.7 cm³/mol. The Morgan fingerprint density at radius 1 is 1.33 bits per heavy atom. The fourth-order valence-corrected chi connectivity index (χ4v) is 3.65. The zero-order chi connectivity index (χ0) is 14.7. The Balaban J connectivity index is 1.69. The number of likely N-dealkylation sites (tertiary alicyclic amines) is 1. The number of nitrogens with zero attached hydrogens (tertiary/aromatic N) is 1. The molecule has 4 heteroatoms. The molecule has 0 radical (unpaired) electrons. The summed E-state index contributed by atoms with van der Waals surface area (Å²) in [6, 6.07) is 8.89. The highest BCUT2D eigenvalue weighted by molar-refractivity contribution is 5.38. The van der Waals surface area contributed by atoms with Gasteiger partial charge in [0.25, 0.3) is 0 Å². The lowest BCUT2D eigenvalue weighted by Crippen LogP contribution is -2.50. The van der Waals surface area contributed by atoms with E-state index >= 15 is 0 Å². The Kier molecular flexibility index (Phi) is 4.78. The standard InChI is InChI=1S/C17H26N2O2/c1-20-15-6-8-19(14(10-15)11-18)12-13-7-9-21-17-5-3-2-4-16(13)17/h2-5,13-15H,6-12,18H2,1H3. The second-order valence-electron chi connectivity index (χ2n) is 6.14. The number of nitrogens with two attached hydrogens (primary N) is 1. The summed E-state index contributed by atoms with van der Waals surface area (Å²) in [7, 11) is 1.81. The van der Waals surface area contributed by atoms with Gasteiger partial charge in [-0.1, -0.05) is 18.2 Å². The number of benzene rings is 1. The van der Waals surface area contributed by atoms with E-state index in [1.807, 2.05) is 13.2 Å². The lowest BCUT2D eigenvalue weighted by Gasteiger charge is -2.41. The Bertz CT molecular complexity index is 466. The molecule has 3 rings (SSSR count). The van der Waals surface area contributed by atoms with Crippen molar-refractivity contribution in [2.75, 3.05) is 33.4 Å². The summed E-state index contributed by atoms with van der Waals surface area (Å²) >= 11 is 0. The molecule has 0 amide bonds. The Hall–Kier alpha value is -1.10. The maximum Gasteiger partial charge on any atom is 0.122 e. The molecular formula is C17H26N2O2. The number of piperidine rings is 1. The van der Waals surface area contributed by atoms with E-state index in [0.29, 0.717) is 24.6 Å². The van der Waals surface area contributed by atoms with Crippen LogP contribution in [0.2, 0.25) is 0 Å². The molecule has 0 aliphatic carbocycles. The molecule has 21 heavy (non-hydrogen) atoms. The van der Waals surface area contributed by atoms with Gasteiger partial charge in [0.1, 0.15) is 5.75 Å². The van der Waals surface area contributed by atoms with E-state index < -0.39 is 0 Å². The molecule has 1 aromatic rings. The summed E-state index contributed by atoms with van der Waals surface area (Å²) in [5, 5.41) is 0. The maximum atomic E-state index is 5.99. The molecule has 2 aliphatic heterocycles. The van der Waals surface area contributed by atoms with E-state index in [-0.39, 0.29) is 0 Å². The summed E-state index contributed by atoms with van der Waals surface area (Å²) in [5.74, 6) is 1.62. The normalized spacial score (nSPS) is 29.7. The van der Waals surface area contributed by atoms with Crippen LogP contribution in [-0.4, -0.2) is 50.4 Å². The first kappa shape index (κ1) is 14.8. The van der Waals surface area contributed by atoms with Gasteiger partial charge < -0.3 is 15.2 Å². The molecule has 0 spiro atoms. The number of methoxy groups -OCH3 is 1. The molecule has 1 saturated heterocycles. The van der Waals surface area contributed by atoms with E-state index in [0.717, 1.165) is 44.7 Å². The van der Waals surface area contributed by atoms with Crippen molar-refractivity contribution in [3.8, 4) is 5.75 Å². The fourth-order valence-electron chi connectivity index (χ4n) is 3.65. The SMILES string of the molecule is COC1CCN(CC2CCOc3ccccc32)C(CN)C1. The fraction of sp³-hybridized carbons (Fsp3) is 0.647. The van der Waals surface area contributed by atoms with Crippen LogP contribution in [-0.2, 0) is 4.74 Å². The van der Waals surface area contributed by atoms with Crippen molar-refractivity contribution in [1.29, 1.82) is 0 Å². The quantitative estimate of drug-likeness (QED) is 0.921. The summed E-state index contributed by atoms with van der Waals surface area (Å²) in [6.07, 6.45) is 3.63. The maximum absolute atomic E-state index is 5.99. The van der Waals surface area contributed by atoms with Crippen LogP contribution in [0, 0.1) is 0 Å². The molecule has 1 fully saturated rings. The Morgan fingerprint density at radius 2 is 2.19 bits per heavy atom. The summed E-state index contributed by atoms with van der Waals surface area (Å²) in [5.41, 5.74) is 7.34. The molecule has 0 bridgehead atoms. The lowest BCUT2D eigenvalue weighted by molar-refractivity contribution is 0.00974. The van der Waals surface area contributed by atoms with Gasteiger partial charge in [-0.2, -0.15) is 0 Å². The molecule has 2 N–H and O–H groups in total. The molecule has 2 aliphatic rings. The number of para-hydroxylation sites is 1. The number of hydrogen-bond acceptors (Lipinski definition) is 4. The highest BCUT2D eigenvalue weighted by Crippen LogP contribution is 2.35. The third kappa shape index (κ3) is 3.23. The summed E-state index contributed by atoms with van der Waals surface area (Å²) in [6.45, 7) is 3.70. The molecule has 3 unspecified atom stereocenters. The monoisotopic (exact) mass is 290 g/mol. The van der Waals surface area contributed by atoms with Crippen LogP contribution in [0.1, 0.15) is 30.7 Å². The number of ether oxygens (including phenoxy) is 2. The van der Waals surface area contributed by atoms with Crippen molar-refractivity contribution in [2.24, 2.45) is 5.73 Å². The van der Waals surface area contributed by atoms with Gasteiger partial charge in [-0.05, 0) is 30.9 Å². The molecule has 2 heterocycles. The van der Waals surface area contributed by atoms with Crippen LogP contribution in [0.5, 0.6) is 5.75 Å². The van der Waals surface area contributed by atoms with Crippen molar-refractivity contribution in [1.82, 2.24) is 4.90 Å². The van der Waals surface area contributed by atoms with Gasteiger partial charge in [0.15, 0.2) is 0 Å². The van der Waals surface area contributed by atoms with E-state index in [9.17, 15) is 0 Å². The van der Waals surface area contributed by atoms with Gasteiger partial charge in [-0.15, -0.1) is 0 Å². The van der Waals surface area contributed by atoms with Crippen molar-refractivity contribution in [3.05, 3.63) is 29.8 Å². The van der Waals surface area contributed by atoms with Gasteiger partial charge in [0.05, 0.1) is 12.7 Å². The molecular weight excluding hydrogens is 264 g/mol. The highest BCUT2D eigenvalue weighted by Gasteiger charge is 2.31. The van der Waals surface area contributed by atoms with Gasteiger partial charge in [-0.25, -0.2) is 0 Å². The third-order valence-corrected chi connectivity index (χ3v) is 4.93. The first-order valence-corrected chi connectivity index (χ1v) is 8.00. The van der Waals surface area contributed by atoms with E-state index in [1.165, 1.54) is 5.56 Å². The zero-order valence-electron chi connectivity index (χ0n) is 12.8. The van der Waals surface area contributed by atoms with Crippen LogP contribution in [0.15, 0.2) is 24.3 Å². The molecule has 116 valence electrons. The van der Waals surface area contributed by atoms with E-state index in [4.69, 9.17) is 15.2 Å². The van der Waals surface area contributed by atoms with Gasteiger partial charge in [-0.3, -0.25) is 4.90 Å². The van der Waals surface area contributed by atoms with E-state index in [1.54, 1.807) is 0 Å². The molecule has 4 nitrogen and oxygen atoms in total. The van der Waals surface area contributed by atoms with Gasteiger partial charge >= 0.3 is 0 Å². The average Bonchev–Trinajstić information content (AvgIpc) is 2.55. The van der Waals surface area contributed by atoms with Crippen molar-refractivity contribution in [3.63, 3.8) is 0 Å². The minimum atomic E-state index is 0.372. The van der Waals surface area contributed by atoms with Gasteiger partial charge in [0, 0.05) is 38.7 Å². The van der Waals surface area contributed by atoms with Crippen molar-refractivity contribution >= 4 is 0 Å². The third-order valence-electron chi connectivity index (χ3n) is 4.93. The Morgan fingerprint density at radius 3 is 3.00 bits per heavy atom. The highest BCUT2D eigenvalue weighted by atomic mass is 16.5. The second kappa shape index (κ2) is 6.77. The van der Waals surface area contributed by atoms with Gasteiger partial charge in [0.2, 0.25) is 0 Å². The predicted octanol–water partition coefficient (Wildman–Crippen LogP) is 1.99. The smallest absolute Gasteiger partial charge is 0.122 e. The number of fused-ring (bicyclic) bond motifs is 1. The second-order valence-corrected chi connectivity index (χ2v) is 6.14. The van der Waals surface area contributed by atoms with Crippen LogP contribution >= 0.6 is 0 Å². The summed E-state index contributed by atoms with van der Waals surface area (Å²) in [4.78, 5) is 2.56. The van der Waals surface area contributed by atoms with Crippen molar-refractivity contribution < 1.29 is 9.47 Å². The minimum Gasteiger partial charge on any atom is -0.493 e. The molecule has 1 aromatic carbocycles. The van der Waals surface area contributed by atoms with Crippen LogP contribution in [0.3, 0.4) is 0 Å². The van der Waals surface area contributed by atoms with Crippen LogP contribution < -0.4 is 10.5 Å². The molecule has 0 aromatic heterocycles. The first-order chi connectivity index (χ1) is 10.3. The van der Waals surface area contributed by atoms with Crippen LogP contribution in [0.25, 0.3) is 0 Å². The van der Waals surface area contributed by atoms with Crippen LogP contribution in [0.4, 0.5) is 0 Å². The average molecular weight is 290 g/mol. The first-order valence-electron chi connectivity index (χ1n) is 8.00. The molecule has 3 atom stereocenters. The van der Waals surface area contributed by atoms with E-state index in [2.05, 4.69) is 23.1 Å². The minimum absolute atomic E-state index is 0.372. The number of rotatable bonds is 4. The topological polar surface area (TPSA) is 47.7 Å². The van der Waals surface area contributed by atoms with Crippen molar-refractivity contribution in [2.45, 2.75) is 37.3 Å². The number of hydrogen-bond donors (Lipinski definition) is 1.